The van der Waals surface area contributed by atoms with E-state index in [1.165, 1.54) is 64.2 Å². The van der Waals surface area contributed by atoms with E-state index in [0.29, 0.717) is 19.3 Å². The number of carbonyl (C=O) groups is 3. The molecule has 0 saturated heterocycles. The van der Waals surface area contributed by atoms with Gasteiger partial charge in [-0.1, -0.05) is 201 Å². The van der Waals surface area contributed by atoms with Crippen LogP contribution in [0.15, 0.2) is 109 Å². The number of hydrogen-bond donors (Lipinski definition) is 0. The van der Waals surface area contributed by atoms with E-state index in [9.17, 15) is 14.4 Å². The molecule has 0 aliphatic carbocycles. The summed E-state index contributed by atoms with van der Waals surface area (Å²) in [5.41, 5.74) is 0. The Labute approximate surface area is 400 Å². The number of hydrogen-bond acceptors (Lipinski definition) is 6. The maximum atomic E-state index is 12.8. The average molecular weight is 901 g/mol. The maximum Gasteiger partial charge on any atom is 0.306 e. The first-order chi connectivity index (χ1) is 32.0. The minimum Gasteiger partial charge on any atom is -0.462 e. The van der Waals surface area contributed by atoms with Crippen LogP contribution in [0.4, 0.5) is 0 Å². The van der Waals surface area contributed by atoms with Crippen molar-refractivity contribution in [2.45, 2.75) is 232 Å². The number of carbonyl (C=O) groups excluding carboxylic acids is 3. The zero-order valence-corrected chi connectivity index (χ0v) is 42.0. The average Bonchev–Trinajstić information content (AvgIpc) is 3.30. The third-order valence-electron chi connectivity index (χ3n) is 10.8. The summed E-state index contributed by atoms with van der Waals surface area (Å²) >= 11 is 0. The Morgan fingerprint density at radius 3 is 1.09 bits per heavy atom. The molecule has 0 aromatic rings. The van der Waals surface area contributed by atoms with Crippen molar-refractivity contribution in [2.24, 2.45) is 0 Å². The second-order valence-electron chi connectivity index (χ2n) is 17.1. The predicted molar refractivity (Wildman–Crippen MR) is 279 cm³/mol. The molecule has 0 fully saturated rings. The molecule has 0 bridgehead atoms. The fourth-order valence-electron chi connectivity index (χ4n) is 6.77. The molecule has 1 unspecified atom stereocenters. The third kappa shape index (κ3) is 50.9. The molecule has 0 aliphatic heterocycles. The first-order valence-electron chi connectivity index (χ1n) is 26.4. The summed E-state index contributed by atoms with van der Waals surface area (Å²) in [6.45, 7) is 6.37. The van der Waals surface area contributed by atoms with E-state index < -0.39 is 6.10 Å². The lowest BCUT2D eigenvalue weighted by Crippen LogP contribution is -2.30. The van der Waals surface area contributed by atoms with Crippen LogP contribution in [-0.2, 0) is 28.6 Å². The van der Waals surface area contributed by atoms with Crippen LogP contribution in [0.1, 0.15) is 226 Å². The molecule has 368 valence electrons. The van der Waals surface area contributed by atoms with Crippen molar-refractivity contribution in [1.29, 1.82) is 0 Å². The van der Waals surface area contributed by atoms with E-state index in [0.717, 1.165) is 122 Å². The van der Waals surface area contributed by atoms with Crippen LogP contribution in [0.25, 0.3) is 0 Å². The Kier molecular flexibility index (Phi) is 49.5. The van der Waals surface area contributed by atoms with Gasteiger partial charge in [-0.05, 0) is 116 Å². The van der Waals surface area contributed by atoms with Gasteiger partial charge in [0.2, 0.25) is 0 Å². The SMILES string of the molecule is CC/C=C\C/C=C\C/C=C\C/C=C\C/C=C\CCCCCC(=O)OCC(COC(=O)CCCCC/C=C\C=C/CCCC)OC(=O)CCCCCCCCC/C=C\C/C=C\CCCCC. The standard InChI is InChI=1S/C59H96O6/c1-4-7-10-13-16-19-22-24-26-28-29-31-32-34-37-40-43-46-49-52-58(61)64-55-56(54-63-57(60)51-48-45-42-39-36-21-18-15-12-9-6-3)65-59(62)53-50-47-44-41-38-35-33-30-27-25-23-20-17-14-11-8-5-2/h7,10,15-21,24-27,29,31,34,36-37,56H,4-6,8-9,11-14,22-23,28,30,32-33,35,38-55H2,1-3H3/b10-7-,18-15-,19-16-,20-17-,26-24-,27-25-,31-29-,36-21-,37-34-. The summed E-state index contributed by atoms with van der Waals surface area (Å²) in [6, 6.07) is 0. The lowest BCUT2D eigenvalue weighted by Gasteiger charge is -2.18. The highest BCUT2D eigenvalue weighted by Crippen LogP contribution is 2.13. The van der Waals surface area contributed by atoms with Gasteiger partial charge in [0.15, 0.2) is 6.10 Å². The molecule has 0 heterocycles. The van der Waals surface area contributed by atoms with Gasteiger partial charge in [0.05, 0.1) is 0 Å². The van der Waals surface area contributed by atoms with Crippen LogP contribution in [0.3, 0.4) is 0 Å². The topological polar surface area (TPSA) is 78.9 Å². The number of rotatable bonds is 46. The van der Waals surface area contributed by atoms with Crippen molar-refractivity contribution >= 4 is 17.9 Å². The number of unbranched alkanes of at least 4 members (excludes halogenated alkanes) is 18. The normalized spacial score (nSPS) is 13.0. The van der Waals surface area contributed by atoms with Crippen molar-refractivity contribution in [2.75, 3.05) is 13.2 Å². The molecule has 0 amide bonds. The van der Waals surface area contributed by atoms with Gasteiger partial charge in [0.1, 0.15) is 13.2 Å². The Hall–Kier alpha value is -3.93. The monoisotopic (exact) mass is 901 g/mol. The Bertz CT molecular complexity index is 1360. The number of ether oxygens (including phenoxy) is 3. The van der Waals surface area contributed by atoms with Crippen molar-refractivity contribution in [1.82, 2.24) is 0 Å². The zero-order chi connectivity index (χ0) is 47.2. The van der Waals surface area contributed by atoms with Gasteiger partial charge in [-0.3, -0.25) is 14.4 Å². The molecule has 0 aromatic heterocycles. The second-order valence-corrected chi connectivity index (χ2v) is 17.1. The van der Waals surface area contributed by atoms with E-state index in [1.54, 1.807) is 0 Å². The van der Waals surface area contributed by atoms with Crippen molar-refractivity contribution in [3.05, 3.63) is 109 Å². The Morgan fingerprint density at radius 1 is 0.338 bits per heavy atom. The van der Waals surface area contributed by atoms with Gasteiger partial charge in [-0.15, -0.1) is 0 Å². The number of esters is 3. The van der Waals surface area contributed by atoms with E-state index in [4.69, 9.17) is 14.2 Å². The van der Waals surface area contributed by atoms with Crippen LogP contribution < -0.4 is 0 Å². The van der Waals surface area contributed by atoms with Crippen LogP contribution in [-0.4, -0.2) is 37.2 Å². The van der Waals surface area contributed by atoms with E-state index in [-0.39, 0.29) is 31.1 Å². The molecule has 0 saturated carbocycles. The fourth-order valence-corrected chi connectivity index (χ4v) is 6.77. The molecule has 6 nitrogen and oxygen atoms in total. The lowest BCUT2D eigenvalue weighted by atomic mass is 10.1. The van der Waals surface area contributed by atoms with Crippen molar-refractivity contribution < 1.29 is 28.6 Å². The first-order valence-corrected chi connectivity index (χ1v) is 26.4. The van der Waals surface area contributed by atoms with Gasteiger partial charge < -0.3 is 14.2 Å². The van der Waals surface area contributed by atoms with E-state index in [1.807, 2.05) is 0 Å². The van der Waals surface area contributed by atoms with Crippen molar-refractivity contribution in [3.8, 4) is 0 Å². The Morgan fingerprint density at radius 2 is 0.662 bits per heavy atom. The van der Waals surface area contributed by atoms with Crippen LogP contribution in [0.2, 0.25) is 0 Å². The highest BCUT2D eigenvalue weighted by atomic mass is 16.6. The van der Waals surface area contributed by atoms with Crippen LogP contribution in [0, 0.1) is 0 Å². The molecule has 0 N–H and O–H groups in total. The quantitative estimate of drug-likeness (QED) is 0.0199. The zero-order valence-electron chi connectivity index (χ0n) is 42.0. The molecule has 0 rings (SSSR count). The lowest BCUT2D eigenvalue weighted by molar-refractivity contribution is -0.167. The molecule has 0 radical (unpaired) electrons. The molecule has 1 atom stereocenters. The molecular formula is C59H96O6. The minimum atomic E-state index is -0.808. The van der Waals surface area contributed by atoms with Crippen LogP contribution >= 0.6 is 0 Å². The third-order valence-corrected chi connectivity index (χ3v) is 10.8. The van der Waals surface area contributed by atoms with Gasteiger partial charge in [0, 0.05) is 19.3 Å². The van der Waals surface area contributed by atoms with Gasteiger partial charge in [-0.25, -0.2) is 0 Å². The summed E-state index contributed by atoms with van der Waals surface area (Å²) in [5.74, 6) is -0.979. The van der Waals surface area contributed by atoms with E-state index >= 15 is 0 Å². The fraction of sp³-hybridized carbons (Fsp3) is 0.644. The molecule has 6 heteroatoms. The van der Waals surface area contributed by atoms with Crippen molar-refractivity contribution in [3.63, 3.8) is 0 Å². The summed E-state index contributed by atoms with van der Waals surface area (Å²) in [5, 5.41) is 0. The maximum absolute atomic E-state index is 12.8. The highest BCUT2D eigenvalue weighted by Gasteiger charge is 2.19. The smallest absolute Gasteiger partial charge is 0.306 e. The molecule has 0 spiro atoms. The summed E-state index contributed by atoms with van der Waals surface area (Å²) in [7, 11) is 0. The molecule has 0 aromatic carbocycles. The molecule has 65 heavy (non-hydrogen) atoms. The second kappa shape index (κ2) is 52.7. The van der Waals surface area contributed by atoms with E-state index in [2.05, 4.69) is 130 Å². The summed E-state index contributed by atoms with van der Waals surface area (Å²) < 4.78 is 16.7. The molecule has 0 aliphatic rings. The van der Waals surface area contributed by atoms with Crippen LogP contribution in [0.5, 0.6) is 0 Å². The van der Waals surface area contributed by atoms with Gasteiger partial charge in [-0.2, -0.15) is 0 Å². The number of allylic oxidation sites excluding steroid dienone is 18. The Balaban J connectivity index is 4.48. The predicted octanol–water partition coefficient (Wildman–Crippen LogP) is 17.5. The van der Waals surface area contributed by atoms with Gasteiger partial charge in [0.25, 0.3) is 0 Å². The first kappa shape index (κ1) is 61.1. The summed E-state index contributed by atoms with van der Waals surface area (Å²) in [6.07, 6.45) is 70.7. The molecular weight excluding hydrogens is 805 g/mol. The minimum absolute atomic E-state index is 0.108. The van der Waals surface area contributed by atoms with Gasteiger partial charge >= 0.3 is 17.9 Å². The largest absolute Gasteiger partial charge is 0.462 e. The highest BCUT2D eigenvalue weighted by molar-refractivity contribution is 5.71. The summed E-state index contributed by atoms with van der Waals surface area (Å²) in [4.78, 5) is 38.0.